The van der Waals surface area contributed by atoms with Crippen molar-refractivity contribution in [3.63, 3.8) is 0 Å². The maximum atomic E-state index is 10.9. The second-order valence-electron chi connectivity index (χ2n) is 3.28. The number of carbonyl (C=O) groups excluding carboxylic acids is 1. The molecule has 0 spiro atoms. The Kier molecular flexibility index (Phi) is 0.565. The first-order chi connectivity index (χ1) is 3.73. The molecule has 2 aliphatic rings. The number of rotatable bonds is 0. The van der Waals surface area contributed by atoms with Crippen LogP contribution in [0.5, 0.6) is 0 Å². The van der Waals surface area contributed by atoms with Crippen LogP contribution in [0.2, 0.25) is 0 Å². The van der Waals surface area contributed by atoms with Crippen LogP contribution in [0.25, 0.3) is 0 Å². The Morgan fingerprint density at radius 3 is 2.62 bits per heavy atom. The number of fused-ring (bicyclic) bond motifs is 1. The molecule has 0 aromatic carbocycles. The normalized spacial score (nSPS) is 51.6. The van der Waals surface area contributed by atoms with Gasteiger partial charge in [0.15, 0.2) is 0 Å². The van der Waals surface area contributed by atoms with E-state index in [1.54, 1.807) is 0 Å². The Hall–Kier alpha value is -0.330. The first kappa shape index (κ1) is 4.54. The van der Waals surface area contributed by atoms with Crippen LogP contribution in [-0.2, 0) is 4.79 Å². The van der Waals surface area contributed by atoms with Gasteiger partial charge < -0.3 is 0 Å². The minimum atomic E-state index is 0.181. The molecule has 0 unspecified atom stereocenters. The van der Waals surface area contributed by atoms with E-state index < -0.39 is 0 Å². The van der Waals surface area contributed by atoms with Gasteiger partial charge in [0.2, 0.25) is 0 Å². The standard InChI is InChI=1S/C7H10O/c1-7-4-5(7)2-3-6(7)8/h5H,2-4H2,1H3/t5-,7+/m1/s1. The first-order valence-electron chi connectivity index (χ1n) is 3.27. The highest BCUT2D eigenvalue weighted by molar-refractivity contribution is 5.90. The molecule has 8 heavy (non-hydrogen) atoms. The molecule has 1 nitrogen and oxygen atoms in total. The van der Waals surface area contributed by atoms with Gasteiger partial charge in [-0.1, -0.05) is 6.92 Å². The van der Waals surface area contributed by atoms with Gasteiger partial charge in [0.25, 0.3) is 0 Å². The predicted molar refractivity (Wildman–Crippen MR) is 30.5 cm³/mol. The van der Waals surface area contributed by atoms with Crippen molar-refractivity contribution in [2.24, 2.45) is 11.3 Å². The molecule has 2 atom stereocenters. The fourth-order valence-electron chi connectivity index (χ4n) is 1.81. The van der Waals surface area contributed by atoms with E-state index in [4.69, 9.17) is 0 Å². The van der Waals surface area contributed by atoms with E-state index in [0.717, 1.165) is 12.3 Å². The van der Waals surface area contributed by atoms with Crippen molar-refractivity contribution >= 4 is 5.78 Å². The maximum absolute atomic E-state index is 10.9. The van der Waals surface area contributed by atoms with E-state index in [1.807, 2.05) is 0 Å². The number of hydrogen-bond acceptors (Lipinski definition) is 1. The summed E-state index contributed by atoms with van der Waals surface area (Å²) in [5.74, 6) is 1.30. The monoisotopic (exact) mass is 110 g/mol. The zero-order valence-corrected chi connectivity index (χ0v) is 5.11. The molecule has 44 valence electrons. The van der Waals surface area contributed by atoms with Crippen LogP contribution >= 0.6 is 0 Å². The molecule has 2 aliphatic carbocycles. The summed E-state index contributed by atoms with van der Waals surface area (Å²) in [7, 11) is 0. The lowest BCUT2D eigenvalue weighted by molar-refractivity contribution is -0.122. The van der Waals surface area contributed by atoms with Gasteiger partial charge in [-0.2, -0.15) is 0 Å². The van der Waals surface area contributed by atoms with Gasteiger partial charge in [0.05, 0.1) is 0 Å². The quantitative estimate of drug-likeness (QED) is 0.460. The second kappa shape index (κ2) is 0.996. The van der Waals surface area contributed by atoms with E-state index in [-0.39, 0.29) is 5.41 Å². The minimum Gasteiger partial charge on any atom is -0.299 e. The highest BCUT2D eigenvalue weighted by Gasteiger charge is 2.58. The van der Waals surface area contributed by atoms with Gasteiger partial charge in [-0.15, -0.1) is 0 Å². The average Bonchev–Trinajstić information content (AvgIpc) is 2.31. The zero-order valence-electron chi connectivity index (χ0n) is 5.11. The highest BCUT2D eigenvalue weighted by atomic mass is 16.1. The van der Waals surface area contributed by atoms with Gasteiger partial charge in [0.1, 0.15) is 5.78 Å². The number of Topliss-reactive ketones (excluding diaryl/α,β-unsaturated/α-hetero) is 1. The van der Waals surface area contributed by atoms with E-state index >= 15 is 0 Å². The SMILES string of the molecule is C[C@]12C[C@H]1CCC2=O. The van der Waals surface area contributed by atoms with Crippen molar-refractivity contribution < 1.29 is 4.79 Å². The molecule has 2 rings (SSSR count). The molecule has 0 radical (unpaired) electrons. The minimum absolute atomic E-state index is 0.181. The average molecular weight is 110 g/mol. The molecule has 1 heteroatoms. The van der Waals surface area contributed by atoms with Crippen LogP contribution in [0.3, 0.4) is 0 Å². The second-order valence-corrected chi connectivity index (χ2v) is 3.28. The summed E-state index contributed by atoms with van der Waals surface area (Å²) in [6.07, 6.45) is 3.22. The van der Waals surface area contributed by atoms with Gasteiger partial charge in [-0.3, -0.25) is 4.79 Å². The van der Waals surface area contributed by atoms with Gasteiger partial charge in [-0.25, -0.2) is 0 Å². The van der Waals surface area contributed by atoms with Crippen LogP contribution in [0.4, 0.5) is 0 Å². The third kappa shape index (κ3) is 0.320. The van der Waals surface area contributed by atoms with E-state index in [9.17, 15) is 4.79 Å². The van der Waals surface area contributed by atoms with Crippen molar-refractivity contribution in [2.45, 2.75) is 26.2 Å². The summed E-state index contributed by atoms with van der Waals surface area (Å²) in [6, 6.07) is 0. The van der Waals surface area contributed by atoms with Crippen molar-refractivity contribution in [2.75, 3.05) is 0 Å². The van der Waals surface area contributed by atoms with Crippen molar-refractivity contribution in [1.29, 1.82) is 0 Å². The van der Waals surface area contributed by atoms with E-state index in [2.05, 4.69) is 6.92 Å². The molecule has 2 fully saturated rings. The van der Waals surface area contributed by atoms with Crippen LogP contribution in [0.1, 0.15) is 26.2 Å². The summed E-state index contributed by atoms with van der Waals surface area (Å²) in [6.45, 7) is 2.10. The Balaban J connectivity index is 2.31. The summed E-state index contributed by atoms with van der Waals surface area (Å²) in [5.41, 5.74) is 0.181. The number of ketones is 1. The predicted octanol–water partition coefficient (Wildman–Crippen LogP) is 1.38. The molecule has 0 amide bonds. The Bertz CT molecular complexity index is 148. The highest BCUT2D eigenvalue weighted by Crippen LogP contribution is 2.60. The van der Waals surface area contributed by atoms with Crippen LogP contribution in [-0.4, -0.2) is 5.78 Å². The molecule has 2 saturated carbocycles. The molecule has 0 aromatic rings. The zero-order chi connectivity index (χ0) is 5.78. The third-order valence-corrected chi connectivity index (χ3v) is 2.77. The van der Waals surface area contributed by atoms with Gasteiger partial charge in [0, 0.05) is 11.8 Å². The smallest absolute Gasteiger partial charge is 0.139 e. The first-order valence-corrected chi connectivity index (χ1v) is 3.27. The Morgan fingerprint density at radius 2 is 2.50 bits per heavy atom. The van der Waals surface area contributed by atoms with E-state index in [1.165, 1.54) is 12.8 Å². The summed E-state index contributed by atoms with van der Waals surface area (Å²) >= 11 is 0. The lowest BCUT2D eigenvalue weighted by atomic mass is 10.1. The molecule has 0 heterocycles. The molecular weight excluding hydrogens is 100 g/mol. The third-order valence-electron chi connectivity index (χ3n) is 2.77. The molecule has 0 aromatic heterocycles. The summed E-state index contributed by atoms with van der Waals surface area (Å²) in [5, 5.41) is 0. The number of carbonyl (C=O) groups is 1. The van der Waals surface area contributed by atoms with Gasteiger partial charge in [-0.05, 0) is 18.8 Å². The van der Waals surface area contributed by atoms with Crippen LogP contribution in [0.15, 0.2) is 0 Å². The van der Waals surface area contributed by atoms with E-state index in [0.29, 0.717) is 5.78 Å². The maximum Gasteiger partial charge on any atom is 0.139 e. The van der Waals surface area contributed by atoms with Crippen LogP contribution in [0, 0.1) is 11.3 Å². The topological polar surface area (TPSA) is 17.1 Å². The van der Waals surface area contributed by atoms with Crippen molar-refractivity contribution in [3.05, 3.63) is 0 Å². The molecule has 0 saturated heterocycles. The van der Waals surface area contributed by atoms with Crippen LogP contribution < -0.4 is 0 Å². The lowest BCUT2D eigenvalue weighted by Gasteiger charge is -1.96. The molecule has 0 aliphatic heterocycles. The number of hydrogen-bond donors (Lipinski definition) is 0. The Morgan fingerprint density at radius 1 is 1.75 bits per heavy atom. The fraction of sp³-hybridized carbons (Fsp3) is 0.857. The molecule has 0 N–H and O–H groups in total. The molecular formula is C7H10O. The Labute approximate surface area is 49.1 Å². The largest absolute Gasteiger partial charge is 0.299 e. The van der Waals surface area contributed by atoms with Crippen molar-refractivity contribution in [3.8, 4) is 0 Å². The van der Waals surface area contributed by atoms with Crippen molar-refractivity contribution in [1.82, 2.24) is 0 Å². The fourth-order valence-corrected chi connectivity index (χ4v) is 1.81. The lowest BCUT2D eigenvalue weighted by Crippen LogP contribution is -2.05. The molecule has 0 bridgehead atoms. The summed E-state index contributed by atoms with van der Waals surface area (Å²) < 4.78 is 0. The van der Waals surface area contributed by atoms with Gasteiger partial charge >= 0.3 is 0 Å². The summed E-state index contributed by atoms with van der Waals surface area (Å²) in [4.78, 5) is 10.9.